The molecule has 0 aliphatic carbocycles. The average molecular weight is 689 g/mol. The number of hydrogen-bond acceptors (Lipinski definition) is 9. The van der Waals surface area contributed by atoms with Crippen molar-refractivity contribution < 1.29 is 39.2 Å². The number of aliphatic carboxylic acids is 1. The van der Waals surface area contributed by atoms with E-state index in [1.165, 1.54) is 43.0 Å². The molecule has 0 fully saturated rings. The molecule has 0 saturated carbocycles. The number of aromatic hydroxyl groups is 1. The number of methoxy groups -OCH3 is 1. The highest BCUT2D eigenvalue weighted by molar-refractivity contribution is 7.98. The van der Waals surface area contributed by atoms with Gasteiger partial charge >= 0.3 is 5.97 Å². The number of nitrogens with zero attached hydrogens (tertiary/aromatic N) is 1. The van der Waals surface area contributed by atoms with Gasteiger partial charge in [-0.2, -0.15) is 11.8 Å². The van der Waals surface area contributed by atoms with Crippen molar-refractivity contribution in [3.05, 3.63) is 59.7 Å². The number of aliphatic hydroxyl groups is 1. The third-order valence-electron chi connectivity index (χ3n) is 8.24. The summed E-state index contributed by atoms with van der Waals surface area (Å²) in [6.45, 7) is 2.12. The van der Waals surface area contributed by atoms with Crippen molar-refractivity contribution in [1.82, 2.24) is 15.5 Å². The molecule has 13 heteroatoms. The number of carbonyl (C=O) groups excluding carboxylic acids is 3. The zero-order valence-electron chi connectivity index (χ0n) is 28.4. The molecule has 0 aliphatic heterocycles. The van der Waals surface area contributed by atoms with Crippen LogP contribution in [0.5, 0.6) is 11.5 Å². The Kier molecular flexibility index (Phi) is 17.8. The summed E-state index contributed by atoms with van der Waals surface area (Å²) in [5.74, 6) is -2.20. The Morgan fingerprint density at radius 1 is 0.875 bits per heavy atom. The van der Waals surface area contributed by atoms with Gasteiger partial charge in [0.25, 0.3) is 5.91 Å². The van der Waals surface area contributed by atoms with Crippen LogP contribution in [0, 0.1) is 0 Å². The Morgan fingerprint density at radius 2 is 1.44 bits per heavy atom. The first-order valence-corrected chi connectivity index (χ1v) is 17.7. The van der Waals surface area contributed by atoms with E-state index in [0.717, 1.165) is 32.1 Å². The molecule has 0 bridgehead atoms. The second-order valence-corrected chi connectivity index (χ2v) is 12.9. The molecular weight excluding hydrogens is 636 g/mol. The van der Waals surface area contributed by atoms with E-state index < -0.39 is 54.0 Å². The summed E-state index contributed by atoms with van der Waals surface area (Å²) in [5, 5.41) is 35.8. The highest BCUT2D eigenvalue weighted by Gasteiger charge is 2.35. The molecule has 3 amide bonds. The maximum absolute atomic E-state index is 13.8. The van der Waals surface area contributed by atoms with Crippen LogP contribution in [0.3, 0.4) is 0 Å². The fourth-order valence-corrected chi connectivity index (χ4v) is 5.69. The van der Waals surface area contributed by atoms with Gasteiger partial charge in [0.05, 0.1) is 7.11 Å². The minimum absolute atomic E-state index is 0.0178. The summed E-state index contributed by atoms with van der Waals surface area (Å²) in [5.41, 5.74) is 7.43. The van der Waals surface area contributed by atoms with Gasteiger partial charge in [0.1, 0.15) is 35.7 Å². The topological polar surface area (TPSA) is 192 Å². The smallest absolute Gasteiger partial charge is 0.326 e. The van der Waals surface area contributed by atoms with Gasteiger partial charge in [-0.05, 0) is 60.2 Å². The first kappa shape index (κ1) is 40.4. The zero-order chi connectivity index (χ0) is 35.6. The molecule has 12 nitrogen and oxygen atoms in total. The van der Waals surface area contributed by atoms with Crippen LogP contribution < -0.4 is 21.1 Å². The molecule has 7 N–H and O–H groups in total. The van der Waals surface area contributed by atoms with Crippen molar-refractivity contribution in [2.75, 3.05) is 26.2 Å². The molecule has 5 atom stereocenters. The fourth-order valence-electron chi connectivity index (χ4n) is 5.23. The first-order chi connectivity index (χ1) is 22.9. The molecule has 2 aromatic rings. The fraction of sp³-hybridized carbons (Fsp3) is 0.543. The van der Waals surface area contributed by atoms with E-state index in [-0.39, 0.29) is 25.0 Å². The summed E-state index contributed by atoms with van der Waals surface area (Å²) < 4.78 is 5.16. The van der Waals surface area contributed by atoms with Crippen molar-refractivity contribution in [2.24, 2.45) is 5.73 Å². The van der Waals surface area contributed by atoms with Gasteiger partial charge in [-0.25, -0.2) is 4.79 Å². The average Bonchev–Trinajstić information content (AvgIpc) is 3.07. The van der Waals surface area contributed by atoms with Crippen LogP contribution in [0.1, 0.15) is 63.0 Å². The predicted octanol–water partition coefficient (Wildman–Crippen LogP) is 2.87. The molecule has 0 saturated heterocycles. The lowest BCUT2D eigenvalue weighted by Gasteiger charge is -2.32. The quantitative estimate of drug-likeness (QED) is 0.100. The Labute approximate surface area is 287 Å². The lowest BCUT2D eigenvalue weighted by atomic mass is 10.0. The standard InChI is InChI=1S/C35H52N4O8S/c1-5-6-7-8-9-10-27(36)31(41)34(44)39(2)30(19-20-48-4)33(43)37-28(21-23-11-15-25(40)16-12-23)32(42)38-29(35(45)46)22-24-13-17-26(47-3)18-14-24/h11-18,27-31,40-41H,5-10,19-22,36H2,1-4H3,(H,37,43)(H,38,42)(H,45,46)/t27-,28-,29-,30?,31-/m1/s1. The number of nitrogens with two attached hydrogens (primary N) is 1. The largest absolute Gasteiger partial charge is 0.508 e. The van der Waals surface area contributed by atoms with E-state index in [2.05, 4.69) is 17.6 Å². The molecule has 0 heterocycles. The number of likely N-dealkylation sites (N-methyl/N-ethyl adjacent to an activating group) is 1. The first-order valence-electron chi connectivity index (χ1n) is 16.3. The Morgan fingerprint density at radius 3 is 2.00 bits per heavy atom. The lowest BCUT2D eigenvalue weighted by molar-refractivity contribution is -0.147. The van der Waals surface area contributed by atoms with Crippen LogP contribution in [-0.4, -0.2) is 100 Å². The number of nitrogens with one attached hydrogen (secondary N) is 2. The van der Waals surface area contributed by atoms with E-state index in [9.17, 15) is 34.5 Å². The Bertz CT molecular complexity index is 1290. The van der Waals surface area contributed by atoms with Gasteiger partial charge in [0, 0.05) is 25.9 Å². The molecule has 0 spiro atoms. The van der Waals surface area contributed by atoms with Gasteiger partial charge in [0.15, 0.2) is 0 Å². The summed E-state index contributed by atoms with van der Waals surface area (Å²) in [4.78, 5) is 54.2. The van der Waals surface area contributed by atoms with E-state index in [1.807, 2.05) is 6.26 Å². The Hall–Kier alpha value is -3.81. The minimum Gasteiger partial charge on any atom is -0.508 e. The molecule has 2 rings (SSSR count). The van der Waals surface area contributed by atoms with Crippen LogP contribution in [0.25, 0.3) is 0 Å². The summed E-state index contributed by atoms with van der Waals surface area (Å²) in [7, 11) is 2.94. The number of thioether (sulfide) groups is 1. The number of carbonyl (C=O) groups is 4. The van der Waals surface area contributed by atoms with Crippen molar-refractivity contribution in [3.63, 3.8) is 0 Å². The van der Waals surface area contributed by atoms with Crippen LogP contribution in [0.2, 0.25) is 0 Å². The Balaban J connectivity index is 2.26. The van der Waals surface area contributed by atoms with Crippen LogP contribution in [0.4, 0.5) is 0 Å². The number of carboxylic acid groups (broad SMARTS) is 1. The molecule has 2 aromatic carbocycles. The van der Waals surface area contributed by atoms with Crippen molar-refractivity contribution in [2.45, 2.75) is 95.0 Å². The predicted molar refractivity (Wildman–Crippen MR) is 187 cm³/mol. The summed E-state index contributed by atoms with van der Waals surface area (Å²) >= 11 is 1.47. The SMILES string of the molecule is CCCCCCC[C@@H](N)[C@@H](O)C(=O)N(C)C(CCSC)C(=O)N[C@H](Cc1ccc(O)cc1)C(=O)N[C@H](Cc1ccc(OC)cc1)C(=O)O. The number of benzene rings is 2. The maximum Gasteiger partial charge on any atom is 0.326 e. The number of phenols is 1. The molecular formula is C35H52N4O8S. The second kappa shape index (κ2) is 21.2. The zero-order valence-corrected chi connectivity index (χ0v) is 29.2. The second-order valence-electron chi connectivity index (χ2n) is 11.9. The van der Waals surface area contributed by atoms with E-state index in [0.29, 0.717) is 29.1 Å². The highest BCUT2D eigenvalue weighted by atomic mass is 32.2. The minimum atomic E-state index is -1.50. The van der Waals surface area contributed by atoms with Crippen molar-refractivity contribution >= 4 is 35.5 Å². The summed E-state index contributed by atoms with van der Waals surface area (Å²) in [6.07, 6.45) is 5.99. The van der Waals surface area contributed by atoms with Crippen molar-refractivity contribution in [1.29, 1.82) is 0 Å². The van der Waals surface area contributed by atoms with Gasteiger partial charge in [-0.3, -0.25) is 14.4 Å². The maximum atomic E-state index is 13.8. The number of aliphatic hydroxyl groups excluding tert-OH is 1. The number of rotatable bonds is 22. The number of phenolic OH excluding ortho intramolecular Hbond substituents is 1. The van der Waals surface area contributed by atoms with Gasteiger partial charge in [-0.1, -0.05) is 63.3 Å². The summed E-state index contributed by atoms with van der Waals surface area (Å²) in [6, 6.07) is 8.48. The third-order valence-corrected chi connectivity index (χ3v) is 8.88. The number of amides is 3. The lowest BCUT2D eigenvalue weighted by Crippen LogP contribution is -2.58. The number of ether oxygens (including phenoxy) is 1. The van der Waals surface area contributed by atoms with Crippen LogP contribution >= 0.6 is 11.8 Å². The molecule has 0 aliphatic rings. The monoisotopic (exact) mass is 688 g/mol. The number of unbranched alkanes of at least 4 members (excludes halogenated alkanes) is 4. The highest BCUT2D eigenvalue weighted by Crippen LogP contribution is 2.17. The number of hydrogen-bond donors (Lipinski definition) is 6. The molecule has 266 valence electrons. The number of carboxylic acids is 1. The normalized spacial score (nSPS) is 14.2. The van der Waals surface area contributed by atoms with Crippen LogP contribution in [-0.2, 0) is 32.0 Å². The molecule has 0 radical (unpaired) electrons. The van der Waals surface area contributed by atoms with E-state index >= 15 is 0 Å². The van der Waals surface area contributed by atoms with E-state index in [1.54, 1.807) is 36.4 Å². The molecule has 48 heavy (non-hydrogen) atoms. The third kappa shape index (κ3) is 13.4. The van der Waals surface area contributed by atoms with Crippen molar-refractivity contribution in [3.8, 4) is 11.5 Å². The van der Waals surface area contributed by atoms with Crippen LogP contribution in [0.15, 0.2) is 48.5 Å². The van der Waals surface area contributed by atoms with Gasteiger partial charge in [-0.15, -0.1) is 0 Å². The molecule has 1 unspecified atom stereocenters. The molecule has 0 aromatic heterocycles. The van der Waals surface area contributed by atoms with E-state index in [4.69, 9.17) is 10.5 Å². The van der Waals surface area contributed by atoms with Gasteiger partial charge < -0.3 is 41.3 Å². The van der Waals surface area contributed by atoms with Gasteiger partial charge in [0.2, 0.25) is 11.8 Å².